The molecule has 1 aliphatic heterocycles. The van der Waals surface area contributed by atoms with Gasteiger partial charge in [0.15, 0.2) is 0 Å². The van der Waals surface area contributed by atoms with Crippen LogP contribution in [0.15, 0.2) is 6.07 Å². The highest BCUT2D eigenvalue weighted by Gasteiger charge is 2.18. The molecule has 0 bridgehead atoms. The molecule has 3 heterocycles. The molecule has 0 aliphatic carbocycles. The Balaban J connectivity index is 2.01. The Hall–Kier alpha value is -1.05. The van der Waals surface area contributed by atoms with Crippen LogP contribution in [0.25, 0.3) is 10.2 Å². The van der Waals surface area contributed by atoms with Gasteiger partial charge in [0.1, 0.15) is 10.6 Å². The summed E-state index contributed by atoms with van der Waals surface area (Å²) in [4.78, 5) is 11.0. The van der Waals surface area contributed by atoms with Crippen LogP contribution in [0.1, 0.15) is 11.3 Å². The van der Waals surface area contributed by atoms with Crippen LogP contribution in [0.2, 0.25) is 0 Å². The number of nitrogens with zero attached hydrogens (tertiary/aromatic N) is 2. The summed E-state index contributed by atoms with van der Waals surface area (Å²) < 4.78 is 0. The van der Waals surface area contributed by atoms with Crippen LogP contribution in [0.4, 0.5) is 11.8 Å². The van der Waals surface area contributed by atoms with Gasteiger partial charge in [0.25, 0.3) is 0 Å². The third-order valence-electron chi connectivity index (χ3n) is 2.92. The van der Waals surface area contributed by atoms with Crippen LogP contribution in [-0.4, -0.2) is 27.5 Å². The van der Waals surface area contributed by atoms with E-state index in [0.29, 0.717) is 12.0 Å². The number of rotatable bonds is 3. The largest absolute Gasteiger partial charge is 0.366 e. The number of nitrogens with two attached hydrogens (primary N) is 1. The lowest BCUT2D eigenvalue weighted by Gasteiger charge is -2.13. The monoisotopic (exact) mass is 281 g/mol. The highest BCUT2D eigenvalue weighted by atomic mass is 32.2. The van der Waals surface area contributed by atoms with Gasteiger partial charge in [-0.3, -0.25) is 5.43 Å². The van der Waals surface area contributed by atoms with Crippen molar-refractivity contribution in [2.24, 2.45) is 5.84 Å². The van der Waals surface area contributed by atoms with Gasteiger partial charge in [0.05, 0.1) is 5.39 Å². The Labute approximate surface area is 114 Å². The van der Waals surface area contributed by atoms with Crippen molar-refractivity contribution < 1.29 is 0 Å². The van der Waals surface area contributed by atoms with Crippen LogP contribution in [0.3, 0.4) is 0 Å². The average molecular weight is 281 g/mol. The van der Waals surface area contributed by atoms with Crippen LogP contribution >= 0.6 is 23.1 Å². The SMILES string of the molecule is Cc1cc2c(NC3CCSC3)nc(NN)nc2s1. The minimum absolute atomic E-state index is 0.470. The standard InChI is InChI=1S/C11H15N5S2/c1-6-4-8-9(13-7-2-3-17-5-7)14-11(16-12)15-10(8)18-6/h4,7H,2-3,5,12H2,1H3,(H2,13,14,15,16). The molecular weight excluding hydrogens is 266 g/mol. The molecule has 18 heavy (non-hydrogen) atoms. The van der Waals surface area contributed by atoms with E-state index in [2.05, 4.69) is 33.7 Å². The normalized spacial score (nSPS) is 19.3. The van der Waals surface area contributed by atoms with Crippen molar-refractivity contribution in [2.75, 3.05) is 22.2 Å². The van der Waals surface area contributed by atoms with Crippen molar-refractivity contribution in [3.63, 3.8) is 0 Å². The molecule has 2 aromatic heterocycles. The number of nitrogen functional groups attached to an aromatic ring is 1. The summed E-state index contributed by atoms with van der Waals surface area (Å²) >= 11 is 3.64. The highest BCUT2D eigenvalue weighted by molar-refractivity contribution is 7.99. The molecule has 0 aromatic carbocycles. The van der Waals surface area contributed by atoms with Gasteiger partial charge in [-0.05, 0) is 25.2 Å². The number of hydrogen-bond donors (Lipinski definition) is 3. The summed E-state index contributed by atoms with van der Waals surface area (Å²) in [5, 5.41) is 4.60. The Morgan fingerprint density at radius 2 is 2.33 bits per heavy atom. The van der Waals surface area contributed by atoms with E-state index in [-0.39, 0.29) is 0 Å². The highest BCUT2D eigenvalue weighted by Crippen LogP contribution is 2.31. The number of aryl methyl sites for hydroxylation is 1. The second-order valence-electron chi connectivity index (χ2n) is 4.32. The van der Waals surface area contributed by atoms with Crippen molar-refractivity contribution in [1.29, 1.82) is 0 Å². The molecule has 2 aromatic rings. The van der Waals surface area contributed by atoms with Gasteiger partial charge in [0.2, 0.25) is 5.95 Å². The van der Waals surface area contributed by atoms with E-state index in [1.807, 2.05) is 11.8 Å². The smallest absolute Gasteiger partial charge is 0.240 e. The molecule has 0 spiro atoms. The van der Waals surface area contributed by atoms with Crippen LogP contribution in [0, 0.1) is 6.92 Å². The van der Waals surface area contributed by atoms with Crippen molar-refractivity contribution in [3.8, 4) is 0 Å². The molecule has 0 radical (unpaired) electrons. The predicted molar refractivity (Wildman–Crippen MR) is 79.3 cm³/mol. The summed E-state index contributed by atoms with van der Waals surface area (Å²) in [6, 6.07) is 2.63. The molecular formula is C11H15N5S2. The van der Waals surface area contributed by atoms with Gasteiger partial charge in [-0.2, -0.15) is 16.7 Å². The molecule has 1 saturated heterocycles. The lowest BCUT2D eigenvalue weighted by molar-refractivity contribution is 0.808. The van der Waals surface area contributed by atoms with E-state index >= 15 is 0 Å². The Bertz CT molecular complexity index is 562. The quantitative estimate of drug-likeness (QED) is 0.591. The van der Waals surface area contributed by atoms with E-state index in [4.69, 9.17) is 5.84 Å². The maximum Gasteiger partial charge on any atom is 0.240 e. The first kappa shape index (κ1) is 12.0. The maximum atomic E-state index is 5.42. The second kappa shape index (κ2) is 4.91. The molecule has 1 atom stereocenters. The lowest BCUT2D eigenvalue weighted by atomic mass is 10.2. The van der Waals surface area contributed by atoms with Crippen molar-refractivity contribution in [1.82, 2.24) is 9.97 Å². The molecule has 1 unspecified atom stereocenters. The van der Waals surface area contributed by atoms with Gasteiger partial charge >= 0.3 is 0 Å². The molecule has 0 amide bonds. The molecule has 5 nitrogen and oxygen atoms in total. The fourth-order valence-electron chi connectivity index (χ4n) is 2.06. The van der Waals surface area contributed by atoms with E-state index in [1.165, 1.54) is 17.1 Å². The van der Waals surface area contributed by atoms with Crippen molar-refractivity contribution in [3.05, 3.63) is 10.9 Å². The molecule has 1 fully saturated rings. The first-order valence-corrected chi connectivity index (χ1v) is 7.82. The predicted octanol–water partition coefficient (Wildman–Crippen LogP) is 2.20. The molecule has 3 rings (SSSR count). The molecule has 96 valence electrons. The number of fused-ring (bicyclic) bond motifs is 1. The third-order valence-corrected chi connectivity index (χ3v) is 5.02. The Morgan fingerprint density at radius 1 is 1.44 bits per heavy atom. The van der Waals surface area contributed by atoms with Crippen LogP contribution < -0.4 is 16.6 Å². The van der Waals surface area contributed by atoms with Gasteiger partial charge in [-0.1, -0.05) is 0 Å². The maximum absolute atomic E-state index is 5.42. The molecule has 0 saturated carbocycles. The van der Waals surface area contributed by atoms with Gasteiger partial charge in [-0.25, -0.2) is 10.8 Å². The molecule has 7 heteroatoms. The van der Waals surface area contributed by atoms with E-state index in [0.717, 1.165) is 21.8 Å². The zero-order chi connectivity index (χ0) is 12.5. The first-order valence-electron chi connectivity index (χ1n) is 5.85. The summed E-state index contributed by atoms with van der Waals surface area (Å²) in [6.07, 6.45) is 1.19. The van der Waals surface area contributed by atoms with Gasteiger partial charge in [-0.15, -0.1) is 11.3 Å². The minimum Gasteiger partial charge on any atom is -0.366 e. The summed E-state index contributed by atoms with van der Waals surface area (Å²) in [6.45, 7) is 2.08. The number of aromatic nitrogens is 2. The fourth-order valence-corrected chi connectivity index (χ4v) is 4.09. The van der Waals surface area contributed by atoms with Crippen molar-refractivity contribution in [2.45, 2.75) is 19.4 Å². The van der Waals surface area contributed by atoms with Crippen LogP contribution in [0.5, 0.6) is 0 Å². The van der Waals surface area contributed by atoms with E-state index < -0.39 is 0 Å². The van der Waals surface area contributed by atoms with E-state index in [1.54, 1.807) is 11.3 Å². The number of hydrogen-bond acceptors (Lipinski definition) is 7. The zero-order valence-corrected chi connectivity index (χ0v) is 11.7. The Kier molecular flexibility index (Phi) is 3.27. The average Bonchev–Trinajstić information content (AvgIpc) is 2.97. The summed E-state index contributed by atoms with van der Waals surface area (Å²) in [5.41, 5.74) is 2.53. The lowest BCUT2D eigenvalue weighted by Crippen LogP contribution is -2.20. The van der Waals surface area contributed by atoms with Crippen molar-refractivity contribution >= 4 is 45.1 Å². The summed E-state index contributed by atoms with van der Waals surface area (Å²) in [7, 11) is 0. The van der Waals surface area contributed by atoms with E-state index in [9.17, 15) is 0 Å². The van der Waals surface area contributed by atoms with Gasteiger partial charge in [0, 0.05) is 16.7 Å². The number of anilines is 2. The zero-order valence-electron chi connectivity index (χ0n) is 10.1. The first-order chi connectivity index (χ1) is 8.76. The Morgan fingerprint density at radius 3 is 3.06 bits per heavy atom. The second-order valence-corrected chi connectivity index (χ2v) is 6.71. The number of thiophene rings is 1. The molecule has 4 N–H and O–H groups in total. The number of hydrazine groups is 1. The third kappa shape index (κ3) is 2.25. The topological polar surface area (TPSA) is 75.9 Å². The van der Waals surface area contributed by atoms with Crippen LogP contribution in [-0.2, 0) is 0 Å². The minimum atomic E-state index is 0.470. The summed E-state index contributed by atoms with van der Waals surface area (Å²) in [5.74, 6) is 9.14. The number of nitrogens with one attached hydrogen (secondary N) is 2. The number of thioether (sulfide) groups is 1. The fraction of sp³-hybridized carbons (Fsp3) is 0.455. The molecule has 1 aliphatic rings. The van der Waals surface area contributed by atoms with Gasteiger partial charge < -0.3 is 5.32 Å².